The van der Waals surface area contributed by atoms with Crippen LogP contribution in [0.25, 0.3) is 11.0 Å². The quantitative estimate of drug-likeness (QED) is 0.776. The number of esters is 1. The Morgan fingerprint density at radius 3 is 2.79 bits per heavy atom. The second-order valence-corrected chi connectivity index (χ2v) is 4.56. The van der Waals surface area contributed by atoms with E-state index in [4.69, 9.17) is 4.74 Å². The summed E-state index contributed by atoms with van der Waals surface area (Å²) in [4.78, 5) is 16.6. The van der Waals surface area contributed by atoms with Crippen molar-refractivity contribution in [1.82, 2.24) is 9.55 Å². The molecule has 19 heavy (non-hydrogen) atoms. The molecule has 0 saturated carbocycles. The number of aromatic nitrogens is 2. The van der Waals surface area contributed by atoms with Crippen molar-refractivity contribution in [3.8, 4) is 0 Å². The van der Waals surface area contributed by atoms with E-state index in [1.165, 1.54) is 0 Å². The van der Waals surface area contributed by atoms with E-state index in [1.54, 1.807) is 0 Å². The second kappa shape index (κ2) is 5.87. The van der Waals surface area contributed by atoms with Crippen molar-refractivity contribution >= 4 is 17.0 Å². The lowest BCUT2D eigenvalue weighted by Crippen LogP contribution is -2.21. The topological polar surface area (TPSA) is 44.1 Å². The Kier molecular flexibility index (Phi) is 4.20. The van der Waals surface area contributed by atoms with Gasteiger partial charge in [0, 0.05) is 6.42 Å². The van der Waals surface area contributed by atoms with Crippen LogP contribution in [0.3, 0.4) is 0 Å². The summed E-state index contributed by atoms with van der Waals surface area (Å²) < 4.78 is 7.12. The molecule has 0 fully saturated rings. The Hall–Kier alpha value is -1.84. The number of hydrogen-bond acceptors (Lipinski definition) is 3. The zero-order chi connectivity index (χ0) is 13.8. The van der Waals surface area contributed by atoms with Gasteiger partial charge in [0.2, 0.25) is 0 Å². The van der Waals surface area contributed by atoms with Crippen molar-refractivity contribution in [1.29, 1.82) is 0 Å². The highest BCUT2D eigenvalue weighted by atomic mass is 16.5. The molecular weight excluding hydrogens is 240 g/mol. The summed E-state index contributed by atoms with van der Waals surface area (Å²) in [6, 6.07) is 7.56. The molecular formula is C15H20N2O2. The Balaban J connectivity index is 2.49. The van der Waals surface area contributed by atoms with Gasteiger partial charge in [-0.25, -0.2) is 9.78 Å². The predicted molar refractivity (Wildman–Crippen MR) is 75.1 cm³/mol. The normalized spacial score (nSPS) is 12.6. The fraction of sp³-hybridized carbons (Fsp3) is 0.467. The van der Waals surface area contributed by atoms with Gasteiger partial charge in [-0.05, 0) is 32.4 Å². The van der Waals surface area contributed by atoms with Gasteiger partial charge in [0.05, 0.1) is 17.6 Å². The molecule has 0 aliphatic rings. The smallest absolute Gasteiger partial charge is 0.328 e. The van der Waals surface area contributed by atoms with Crippen LogP contribution in [0.4, 0.5) is 0 Å². The molecule has 0 N–H and O–H groups in total. The van der Waals surface area contributed by atoms with Crippen molar-refractivity contribution in [2.45, 2.75) is 39.7 Å². The molecule has 102 valence electrons. The maximum absolute atomic E-state index is 12.0. The van der Waals surface area contributed by atoms with Crippen molar-refractivity contribution in [3.05, 3.63) is 30.1 Å². The van der Waals surface area contributed by atoms with E-state index in [-0.39, 0.29) is 12.0 Å². The number of benzene rings is 1. The molecule has 1 unspecified atom stereocenters. The predicted octanol–water partition coefficient (Wildman–Crippen LogP) is 3.11. The van der Waals surface area contributed by atoms with Crippen LogP contribution in [0, 0.1) is 0 Å². The summed E-state index contributed by atoms with van der Waals surface area (Å²) >= 11 is 0. The zero-order valence-corrected chi connectivity index (χ0v) is 11.7. The summed E-state index contributed by atoms with van der Waals surface area (Å²) in [5.41, 5.74) is 1.92. The number of nitrogens with zero attached hydrogens (tertiary/aromatic N) is 2. The summed E-state index contributed by atoms with van der Waals surface area (Å²) in [7, 11) is 0. The molecule has 0 amide bonds. The van der Waals surface area contributed by atoms with E-state index in [2.05, 4.69) is 11.9 Å². The number of carbonyl (C=O) groups excluding carboxylic acids is 1. The molecule has 0 aliphatic heterocycles. The standard InChI is InChI=1S/C15H20N2O2/c1-4-8-14-16-12-9-6-7-10-13(12)17(14)11(3)15(18)19-5-2/h6-7,9-11H,4-5,8H2,1-3H3. The van der Waals surface area contributed by atoms with E-state index in [0.29, 0.717) is 6.61 Å². The van der Waals surface area contributed by atoms with E-state index >= 15 is 0 Å². The number of carbonyl (C=O) groups is 1. The van der Waals surface area contributed by atoms with Crippen LogP contribution in [-0.4, -0.2) is 22.1 Å². The third-order valence-corrected chi connectivity index (χ3v) is 3.16. The van der Waals surface area contributed by atoms with Gasteiger partial charge < -0.3 is 9.30 Å². The number of hydrogen-bond donors (Lipinski definition) is 0. The van der Waals surface area contributed by atoms with Gasteiger partial charge in [-0.15, -0.1) is 0 Å². The van der Waals surface area contributed by atoms with Crippen molar-refractivity contribution in [2.75, 3.05) is 6.61 Å². The highest BCUT2D eigenvalue weighted by Gasteiger charge is 2.21. The molecule has 2 rings (SSSR count). The van der Waals surface area contributed by atoms with E-state index in [9.17, 15) is 4.79 Å². The Labute approximate surface area is 113 Å². The Bertz CT molecular complexity index is 575. The lowest BCUT2D eigenvalue weighted by Gasteiger charge is -2.16. The summed E-state index contributed by atoms with van der Waals surface area (Å²) in [6.07, 6.45) is 1.86. The number of fused-ring (bicyclic) bond motifs is 1. The van der Waals surface area contributed by atoms with Crippen LogP contribution in [0.1, 0.15) is 39.1 Å². The Morgan fingerprint density at radius 1 is 1.37 bits per heavy atom. The van der Waals surface area contributed by atoms with Crippen LogP contribution in [0.15, 0.2) is 24.3 Å². The first kappa shape index (κ1) is 13.6. The highest BCUT2D eigenvalue weighted by molar-refractivity contribution is 5.81. The van der Waals surface area contributed by atoms with Crippen LogP contribution in [-0.2, 0) is 16.0 Å². The van der Waals surface area contributed by atoms with Crippen molar-refractivity contribution in [2.24, 2.45) is 0 Å². The summed E-state index contributed by atoms with van der Waals surface area (Å²) in [5.74, 6) is 0.743. The first-order valence-electron chi connectivity index (χ1n) is 6.81. The minimum Gasteiger partial charge on any atom is -0.464 e. The van der Waals surface area contributed by atoms with Gasteiger partial charge >= 0.3 is 5.97 Å². The maximum atomic E-state index is 12.0. The van der Waals surface area contributed by atoms with Crippen LogP contribution >= 0.6 is 0 Å². The van der Waals surface area contributed by atoms with Crippen LogP contribution < -0.4 is 0 Å². The molecule has 0 saturated heterocycles. The lowest BCUT2D eigenvalue weighted by atomic mass is 10.2. The SMILES string of the molecule is CCCc1nc2ccccc2n1C(C)C(=O)OCC. The monoisotopic (exact) mass is 260 g/mol. The number of para-hydroxylation sites is 2. The maximum Gasteiger partial charge on any atom is 0.328 e. The third kappa shape index (κ3) is 2.62. The first-order chi connectivity index (χ1) is 9.19. The average molecular weight is 260 g/mol. The number of aryl methyl sites for hydroxylation is 1. The molecule has 0 bridgehead atoms. The van der Waals surface area contributed by atoms with Gasteiger partial charge in [0.1, 0.15) is 11.9 Å². The molecule has 1 aromatic heterocycles. The van der Waals surface area contributed by atoms with Gasteiger partial charge in [-0.3, -0.25) is 0 Å². The minimum absolute atomic E-state index is 0.206. The van der Waals surface area contributed by atoms with E-state index < -0.39 is 0 Å². The van der Waals surface area contributed by atoms with Crippen molar-refractivity contribution in [3.63, 3.8) is 0 Å². The molecule has 1 atom stereocenters. The fourth-order valence-electron chi connectivity index (χ4n) is 2.29. The third-order valence-electron chi connectivity index (χ3n) is 3.16. The molecule has 2 aromatic rings. The largest absolute Gasteiger partial charge is 0.464 e. The molecule has 1 aromatic carbocycles. The zero-order valence-electron chi connectivity index (χ0n) is 11.7. The number of imidazole rings is 1. The molecule has 4 heteroatoms. The molecule has 0 aliphatic carbocycles. The first-order valence-corrected chi connectivity index (χ1v) is 6.81. The highest BCUT2D eigenvalue weighted by Crippen LogP contribution is 2.22. The fourth-order valence-corrected chi connectivity index (χ4v) is 2.29. The lowest BCUT2D eigenvalue weighted by molar-refractivity contribution is -0.146. The van der Waals surface area contributed by atoms with E-state index in [1.807, 2.05) is 42.7 Å². The van der Waals surface area contributed by atoms with E-state index in [0.717, 1.165) is 29.7 Å². The molecule has 4 nitrogen and oxygen atoms in total. The van der Waals surface area contributed by atoms with Gasteiger partial charge in [-0.2, -0.15) is 0 Å². The van der Waals surface area contributed by atoms with Gasteiger partial charge in [0.15, 0.2) is 0 Å². The molecule has 0 spiro atoms. The van der Waals surface area contributed by atoms with Gasteiger partial charge in [0.25, 0.3) is 0 Å². The van der Waals surface area contributed by atoms with Crippen molar-refractivity contribution < 1.29 is 9.53 Å². The average Bonchev–Trinajstić information content (AvgIpc) is 2.76. The number of ether oxygens (including phenoxy) is 1. The summed E-state index contributed by atoms with van der Waals surface area (Å²) in [6.45, 7) is 6.20. The molecule has 1 heterocycles. The number of rotatable bonds is 5. The molecule has 0 radical (unpaired) electrons. The van der Waals surface area contributed by atoms with Crippen LogP contribution in [0.5, 0.6) is 0 Å². The Morgan fingerprint density at radius 2 is 2.11 bits per heavy atom. The van der Waals surface area contributed by atoms with Crippen LogP contribution in [0.2, 0.25) is 0 Å². The minimum atomic E-state index is -0.339. The summed E-state index contributed by atoms with van der Waals surface area (Å²) in [5, 5.41) is 0. The second-order valence-electron chi connectivity index (χ2n) is 4.56. The van der Waals surface area contributed by atoms with Gasteiger partial charge in [-0.1, -0.05) is 19.1 Å².